The van der Waals surface area contributed by atoms with Crippen LogP contribution in [0.3, 0.4) is 0 Å². The molecule has 0 aliphatic carbocycles. The maximum atomic E-state index is 4.61. The number of anilines is 1. The molecule has 2 N–H and O–H groups in total. The van der Waals surface area contributed by atoms with Crippen molar-refractivity contribution in [3.05, 3.63) is 72.4 Å². The van der Waals surface area contributed by atoms with Gasteiger partial charge in [0.1, 0.15) is 11.5 Å². The zero-order valence-electron chi connectivity index (χ0n) is 18.2. The Morgan fingerprint density at radius 1 is 1.09 bits per heavy atom. The van der Waals surface area contributed by atoms with E-state index >= 15 is 0 Å². The molecule has 0 saturated heterocycles. The molecule has 0 spiro atoms. The maximum Gasteiger partial charge on any atom is 0.141 e. The van der Waals surface area contributed by atoms with Gasteiger partial charge >= 0.3 is 0 Å². The highest BCUT2D eigenvalue weighted by Gasteiger charge is 2.15. The second-order valence-corrected chi connectivity index (χ2v) is 7.84. The molecule has 0 atom stereocenters. The maximum absolute atomic E-state index is 4.61. The number of rotatable bonds is 5. The summed E-state index contributed by atoms with van der Waals surface area (Å²) in [7, 11) is 1.95. The highest BCUT2D eigenvalue weighted by Crippen LogP contribution is 2.34. The summed E-state index contributed by atoms with van der Waals surface area (Å²) in [6.45, 7) is 7.59. The van der Waals surface area contributed by atoms with Crippen molar-refractivity contribution in [2.75, 3.05) is 11.9 Å². The lowest BCUT2D eigenvalue weighted by atomic mass is 10.0. The first-order valence-corrected chi connectivity index (χ1v) is 10.3. The van der Waals surface area contributed by atoms with E-state index in [0.717, 1.165) is 55.8 Å². The van der Waals surface area contributed by atoms with Gasteiger partial charge < -0.3 is 9.88 Å². The lowest BCUT2D eigenvalue weighted by molar-refractivity contribution is 1.11. The van der Waals surface area contributed by atoms with Crippen LogP contribution in [0.25, 0.3) is 44.3 Å². The molecule has 0 aliphatic rings. The molecule has 7 nitrogen and oxygen atoms in total. The van der Waals surface area contributed by atoms with Crippen molar-refractivity contribution in [1.29, 1.82) is 0 Å². The number of allylic oxidation sites excluding steroid dienone is 1. The van der Waals surface area contributed by atoms with Crippen molar-refractivity contribution in [3.63, 3.8) is 0 Å². The molecule has 1 aromatic carbocycles. The largest absolute Gasteiger partial charge is 0.353 e. The zero-order valence-corrected chi connectivity index (χ0v) is 18.2. The number of benzene rings is 1. The van der Waals surface area contributed by atoms with E-state index in [4.69, 9.17) is 0 Å². The van der Waals surface area contributed by atoms with Gasteiger partial charge in [0.05, 0.1) is 22.4 Å². The van der Waals surface area contributed by atoms with Crippen molar-refractivity contribution in [2.45, 2.75) is 13.8 Å². The fourth-order valence-electron chi connectivity index (χ4n) is 3.98. The molecule has 158 valence electrons. The van der Waals surface area contributed by atoms with E-state index in [2.05, 4.69) is 68.0 Å². The Bertz CT molecular complexity index is 1490. The Hall–Kier alpha value is -4.26. The number of aliphatic imine (C=N–C) groups is 1. The normalized spacial score (nSPS) is 11.9. The minimum atomic E-state index is 0.818. The van der Waals surface area contributed by atoms with Crippen LogP contribution in [0.15, 0.2) is 71.9 Å². The number of fused-ring (bicyclic) bond motifs is 2. The smallest absolute Gasteiger partial charge is 0.141 e. The molecular weight excluding hydrogens is 398 g/mol. The molecule has 0 amide bonds. The molecule has 0 bridgehead atoms. The Balaban J connectivity index is 1.63. The van der Waals surface area contributed by atoms with Crippen LogP contribution in [0, 0.1) is 6.92 Å². The van der Waals surface area contributed by atoms with Crippen LogP contribution < -0.4 is 4.90 Å². The van der Waals surface area contributed by atoms with E-state index in [0.29, 0.717) is 0 Å². The summed E-state index contributed by atoms with van der Waals surface area (Å²) in [6.07, 6.45) is 7.43. The quantitative estimate of drug-likeness (QED) is 0.368. The van der Waals surface area contributed by atoms with Gasteiger partial charge in [-0.2, -0.15) is 5.10 Å². The minimum Gasteiger partial charge on any atom is -0.353 e. The summed E-state index contributed by atoms with van der Waals surface area (Å²) < 4.78 is 0. The van der Waals surface area contributed by atoms with Crippen molar-refractivity contribution in [2.24, 2.45) is 4.99 Å². The van der Waals surface area contributed by atoms with Crippen molar-refractivity contribution >= 4 is 34.3 Å². The molecule has 4 aromatic heterocycles. The average molecular weight is 422 g/mol. The molecule has 32 heavy (non-hydrogen) atoms. The number of nitrogens with one attached hydrogen (secondary N) is 2. The number of nitrogens with zero attached hydrogens (tertiary/aromatic N) is 5. The highest BCUT2D eigenvalue weighted by atomic mass is 15.2. The van der Waals surface area contributed by atoms with E-state index in [1.165, 1.54) is 5.56 Å². The molecule has 5 aromatic rings. The number of hydrogen-bond donors (Lipinski definition) is 2. The van der Waals surface area contributed by atoms with Crippen LogP contribution in [0.5, 0.6) is 0 Å². The third kappa shape index (κ3) is 3.33. The SMILES string of the molecule is C=N/C(C)=C\N(C)c1nccc2[nH]c(-c3n[nH]c4ccc(-c5cnccc5C)cc34)cc12. The number of pyridine rings is 2. The van der Waals surface area contributed by atoms with Crippen LogP contribution >= 0.6 is 0 Å². The van der Waals surface area contributed by atoms with Crippen molar-refractivity contribution < 1.29 is 0 Å². The fourth-order valence-corrected chi connectivity index (χ4v) is 3.98. The second kappa shape index (κ2) is 7.77. The monoisotopic (exact) mass is 421 g/mol. The van der Waals surface area contributed by atoms with Gasteiger partial charge in [-0.05, 0) is 62.0 Å². The van der Waals surface area contributed by atoms with Gasteiger partial charge in [0.2, 0.25) is 0 Å². The highest BCUT2D eigenvalue weighted by molar-refractivity contribution is 6.00. The van der Waals surface area contributed by atoms with E-state index < -0.39 is 0 Å². The fraction of sp³-hybridized carbons (Fsp3) is 0.120. The van der Waals surface area contributed by atoms with Gasteiger partial charge in [0.15, 0.2) is 0 Å². The summed E-state index contributed by atoms with van der Waals surface area (Å²) in [5.41, 5.74) is 8.00. The van der Waals surface area contributed by atoms with Crippen molar-refractivity contribution in [3.8, 4) is 22.5 Å². The van der Waals surface area contributed by atoms with E-state index in [-0.39, 0.29) is 0 Å². The van der Waals surface area contributed by atoms with Gasteiger partial charge in [-0.1, -0.05) is 6.07 Å². The molecule has 5 rings (SSSR count). The van der Waals surface area contributed by atoms with Gasteiger partial charge in [-0.15, -0.1) is 0 Å². The first-order valence-electron chi connectivity index (χ1n) is 10.3. The number of aromatic amines is 2. The predicted octanol–water partition coefficient (Wildman–Crippen LogP) is 5.47. The molecule has 0 radical (unpaired) electrons. The van der Waals surface area contributed by atoms with E-state index in [9.17, 15) is 0 Å². The van der Waals surface area contributed by atoms with Crippen LogP contribution in [0.1, 0.15) is 12.5 Å². The number of aromatic nitrogens is 5. The summed E-state index contributed by atoms with van der Waals surface area (Å²) >= 11 is 0. The topological polar surface area (TPSA) is 85.9 Å². The van der Waals surface area contributed by atoms with Gasteiger partial charge in [-0.3, -0.25) is 15.1 Å². The Kier molecular flexibility index (Phi) is 4.78. The van der Waals surface area contributed by atoms with Crippen LogP contribution in [0.4, 0.5) is 5.82 Å². The average Bonchev–Trinajstić information content (AvgIpc) is 3.42. The van der Waals surface area contributed by atoms with Crippen molar-refractivity contribution in [1.82, 2.24) is 25.1 Å². The summed E-state index contributed by atoms with van der Waals surface area (Å²) in [5, 5.41) is 9.82. The zero-order chi connectivity index (χ0) is 22.2. The molecule has 4 heterocycles. The first-order chi connectivity index (χ1) is 15.5. The molecule has 0 unspecified atom stereocenters. The number of hydrogen-bond acceptors (Lipinski definition) is 5. The Labute approximate surface area is 185 Å². The molecule has 0 aliphatic heterocycles. The molecular formula is C25H23N7. The lowest BCUT2D eigenvalue weighted by Gasteiger charge is -2.14. The first kappa shape index (κ1) is 19.7. The second-order valence-electron chi connectivity index (χ2n) is 7.84. The third-order valence-electron chi connectivity index (χ3n) is 5.66. The Morgan fingerprint density at radius 3 is 2.78 bits per heavy atom. The molecule has 7 heteroatoms. The summed E-state index contributed by atoms with van der Waals surface area (Å²) in [6, 6.07) is 12.4. The van der Waals surface area contributed by atoms with Crippen LogP contribution in [0.2, 0.25) is 0 Å². The van der Waals surface area contributed by atoms with E-state index in [1.807, 2.05) is 49.6 Å². The minimum absolute atomic E-state index is 0.818. The number of aryl methyl sites for hydroxylation is 1. The van der Waals surface area contributed by atoms with Gasteiger partial charge in [0.25, 0.3) is 0 Å². The summed E-state index contributed by atoms with van der Waals surface area (Å²) in [4.78, 5) is 18.3. The van der Waals surface area contributed by atoms with Gasteiger partial charge in [0, 0.05) is 48.2 Å². The summed E-state index contributed by atoms with van der Waals surface area (Å²) in [5.74, 6) is 0.833. The predicted molar refractivity (Wildman–Crippen MR) is 131 cm³/mol. The molecule has 0 saturated carbocycles. The van der Waals surface area contributed by atoms with Gasteiger partial charge in [-0.25, -0.2) is 4.98 Å². The number of H-pyrrole nitrogens is 2. The van der Waals surface area contributed by atoms with Crippen LogP contribution in [-0.2, 0) is 0 Å². The Morgan fingerprint density at radius 2 is 1.97 bits per heavy atom. The standard InChI is InChI=1S/C25H23N7/c1-15-7-9-27-13-20(15)17-5-6-22-18(11-17)24(31-30-22)23-12-19-21(29-23)8-10-28-25(19)32(4)14-16(2)26-3/h5-14,29H,3H2,1-2,4H3,(H,30,31)/b16-14-. The third-order valence-corrected chi connectivity index (χ3v) is 5.66. The van der Waals surface area contributed by atoms with E-state index in [1.54, 1.807) is 6.20 Å². The van der Waals surface area contributed by atoms with Crippen LogP contribution in [-0.4, -0.2) is 38.9 Å². The lowest BCUT2D eigenvalue weighted by Crippen LogP contribution is -2.10. The molecule has 0 fully saturated rings.